The third kappa shape index (κ3) is 4.06. The second-order valence-electron chi connectivity index (χ2n) is 3.83. The van der Waals surface area contributed by atoms with E-state index in [9.17, 15) is 0 Å². The molecule has 0 saturated heterocycles. The predicted octanol–water partition coefficient (Wildman–Crippen LogP) is 0.638. The lowest BCUT2D eigenvalue weighted by atomic mass is 10.3. The molecule has 0 saturated carbocycles. The summed E-state index contributed by atoms with van der Waals surface area (Å²) < 4.78 is 4.89. The topological polar surface area (TPSA) is 88.2 Å². The van der Waals surface area contributed by atoms with Crippen molar-refractivity contribution in [1.82, 2.24) is 25.8 Å². The average molecular weight is 260 g/mol. The zero-order valence-electron chi connectivity index (χ0n) is 10.9. The van der Waals surface area contributed by atoms with Crippen molar-refractivity contribution in [2.75, 3.05) is 7.05 Å². The third-order valence-electron chi connectivity index (χ3n) is 2.37. The van der Waals surface area contributed by atoms with E-state index in [2.05, 4.69) is 30.8 Å². The zero-order chi connectivity index (χ0) is 13.5. The van der Waals surface area contributed by atoms with Gasteiger partial charge in [0.05, 0.1) is 18.8 Å². The number of aliphatic imine (C=N–C) groups is 1. The Bertz CT molecular complexity index is 536. The summed E-state index contributed by atoms with van der Waals surface area (Å²) in [5, 5.41) is 10.0. The van der Waals surface area contributed by atoms with E-state index in [0.717, 1.165) is 5.69 Å². The number of nitrogens with one attached hydrogen (secondary N) is 2. The van der Waals surface area contributed by atoms with Crippen molar-refractivity contribution in [1.29, 1.82) is 0 Å². The molecule has 0 aliphatic rings. The fourth-order valence-corrected chi connectivity index (χ4v) is 1.47. The van der Waals surface area contributed by atoms with Crippen LogP contribution in [0.25, 0.3) is 0 Å². The van der Waals surface area contributed by atoms with Crippen LogP contribution in [0.15, 0.2) is 33.9 Å². The van der Waals surface area contributed by atoms with Gasteiger partial charge in [-0.2, -0.15) is 4.98 Å². The van der Waals surface area contributed by atoms with E-state index >= 15 is 0 Å². The standard InChI is InChI=1S/C12H16N6O/c1-9-17-11(18-19-9)8-16-12(13-2)15-7-10-5-3-4-6-14-10/h3-6H,7-8H2,1-2H3,(H2,13,15,16). The van der Waals surface area contributed by atoms with Crippen molar-refractivity contribution < 1.29 is 4.52 Å². The molecular formula is C12H16N6O. The fourth-order valence-electron chi connectivity index (χ4n) is 1.47. The summed E-state index contributed by atoms with van der Waals surface area (Å²) in [6, 6.07) is 5.78. The summed E-state index contributed by atoms with van der Waals surface area (Å²) in [7, 11) is 1.70. The number of hydrogen-bond acceptors (Lipinski definition) is 5. The predicted molar refractivity (Wildman–Crippen MR) is 70.3 cm³/mol. The summed E-state index contributed by atoms with van der Waals surface area (Å²) in [6.45, 7) is 2.82. The Morgan fingerprint density at radius 1 is 1.32 bits per heavy atom. The molecule has 0 spiro atoms. The second-order valence-corrected chi connectivity index (χ2v) is 3.83. The smallest absolute Gasteiger partial charge is 0.223 e. The lowest BCUT2D eigenvalue weighted by Gasteiger charge is -2.09. The first kappa shape index (κ1) is 13.0. The van der Waals surface area contributed by atoms with E-state index < -0.39 is 0 Å². The molecule has 2 aromatic rings. The molecule has 0 aliphatic heterocycles. The third-order valence-corrected chi connectivity index (χ3v) is 2.37. The van der Waals surface area contributed by atoms with E-state index in [-0.39, 0.29) is 0 Å². The van der Waals surface area contributed by atoms with Gasteiger partial charge in [-0.05, 0) is 12.1 Å². The van der Waals surface area contributed by atoms with Gasteiger partial charge in [-0.15, -0.1) is 0 Å². The molecule has 2 aromatic heterocycles. The van der Waals surface area contributed by atoms with Gasteiger partial charge in [-0.25, -0.2) is 0 Å². The Hall–Kier alpha value is -2.44. The van der Waals surface area contributed by atoms with Crippen LogP contribution in [0.2, 0.25) is 0 Å². The van der Waals surface area contributed by atoms with Crippen molar-refractivity contribution in [3.05, 3.63) is 41.8 Å². The second kappa shape index (κ2) is 6.48. The molecule has 19 heavy (non-hydrogen) atoms. The van der Waals surface area contributed by atoms with Gasteiger partial charge in [0, 0.05) is 20.2 Å². The van der Waals surface area contributed by atoms with Crippen LogP contribution < -0.4 is 10.6 Å². The molecule has 2 N–H and O–H groups in total. The van der Waals surface area contributed by atoms with E-state index in [1.165, 1.54) is 0 Å². The van der Waals surface area contributed by atoms with Crippen LogP contribution >= 0.6 is 0 Å². The Balaban J connectivity index is 1.81. The molecular weight excluding hydrogens is 244 g/mol. The van der Waals surface area contributed by atoms with Crippen LogP contribution in [0.1, 0.15) is 17.4 Å². The first-order chi connectivity index (χ1) is 9.28. The molecule has 7 nitrogen and oxygen atoms in total. The number of hydrogen-bond donors (Lipinski definition) is 2. The molecule has 0 amide bonds. The zero-order valence-corrected chi connectivity index (χ0v) is 10.9. The lowest BCUT2D eigenvalue weighted by Crippen LogP contribution is -2.36. The minimum absolute atomic E-state index is 0.458. The minimum Gasteiger partial charge on any atom is -0.351 e. The van der Waals surface area contributed by atoms with Crippen LogP contribution in [0.5, 0.6) is 0 Å². The van der Waals surface area contributed by atoms with Crippen molar-refractivity contribution in [2.45, 2.75) is 20.0 Å². The van der Waals surface area contributed by atoms with Gasteiger partial charge in [0.2, 0.25) is 5.89 Å². The first-order valence-corrected chi connectivity index (χ1v) is 5.91. The largest absolute Gasteiger partial charge is 0.351 e. The van der Waals surface area contributed by atoms with Gasteiger partial charge in [-0.1, -0.05) is 11.2 Å². The Morgan fingerprint density at radius 2 is 2.16 bits per heavy atom. The Labute approximate surface area is 111 Å². The molecule has 0 aromatic carbocycles. The van der Waals surface area contributed by atoms with Crippen LogP contribution in [0.3, 0.4) is 0 Å². The number of aromatic nitrogens is 3. The van der Waals surface area contributed by atoms with Crippen LogP contribution in [-0.2, 0) is 13.1 Å². The molecule has 0 radical (unpaired) electrons. The quantitative estimate of drug-likeness (QED) is 0.619. The van der Waals surface area contributed by atoms with Gasteiger partial charge < -0.3 is 15.2 Å². The summed E-state index contributed by atoms with van der Waals surface area (Å²) in [6.07, 6.45) is 1.76. The molecule has 7 heteroatoms. The van der Waals surface area contributed by atoms with Gasteiger partial charge in [0.25, 0.3) is 0 Å². The molecule has 0 atom stereocenters. The van der Waals surface area contributed by atoms with Crippen molar-refractivity contribution in [3.63, 3.8) is 0 Å². The molecule has 100 valence electrons. The van der Waals surface area contributed by atoms with Gasteiger partial charge in [-0.3, -0.25) is 9.98 Å². The van der Waals surface area contributed by atoms with E-state index in [1.807, 2.05) is 18.2 Å². The Kier molecular flexibility index (Phi) is 4.44. The Morgan fingerprint density at radius 3 is 2.79 bits per heavy atom. The van der Waals surface area contributed by atoms with Crippen LogP contribution in [0.4, 0.5) is 0 Å². The molecule has 0 aliphatic carbocycles. The van der Waals surface area contributed by atoms with Gasteiger partial charge in [0.15, 0.2) is 11.8 Å². The number of guanidine groups is 1. The summed E-state index contributed by atoms with van der Waals surface area (Å²) in [5.74, 6) is 1.81. The summed E-state index contributed by atoms with van der Waals surface area (Å²) >= 11 is 0. The maximum Gasteiger partial charge on any atom is 0.223 e. The summed E-state index contributed by atoms with van der Waals surface area (Å²) in [5.41, 5.74) is 0.945. The maximum atomic E-state index is 4.89. The summed E-state index contributed by atoms with van der Waals surface area (Å²) in [4.78, 5) is 12.4. The highest BCUT2D eigenvalue weighted by Gasteiger charge is 2.03. The molecule has 0 unspecified atom stereocenters. The number of aryl methyl sites for hydroxylation is 1. The molecule has 0 fully saturated rings. The van der Waals surface area contributed by atoms with Crippen LogP contribution in [-0.4, -0.2) is 28.1 Å². The molecule has 2 heterocycles. The lowest BCUT2D eigenvalue weighted by molar-refractivity contribution is 0.387. The van der Waals surface area contributed by atoms with Crippen molar-refractivity contribution in [3.8, 4) is 0 Å². The SMILES string of the molecule is CN=C(NCc1ccccn1)NCc1noc(C)n1. The number of nitrogens with zero attached hydrogens (tertiary/aromatic N) is 4. The van der Waals surface area contributed by atoms with Gasteiger partial charge >= 0.3 is 0 Å². The van der Waals surface area contributed by atoms with E-state index in [4.69, 9.17) is 4.52 Å². The normalized spacial score (nSPS) is 11.4. The van der Waals surface area contributed by atoms with Crippen molar-refractivity contribution >= 4 is 5.96 Å². The highest BCUT2D eigenvalue weighted by atomic mass is 16.5. The van der Waals surface area contributed by atoms with Crippen LogP contribution in [0, 0.1) is 6.92 Å². The van der Waals surface area contributed by atoms with E-state index in [1.54, 1.807) is 20.2 Å². The highest BCUT2D eigenvalue weighted by Crippen LogP contribution is 1.94. The van der Waals surface area contributed by atoms with Crippen molar-refractivity contribution in [2.24, 2.45) is 4.99 Å². The van der Waals surface area contributed by atoms with Gasteiger partial charge in [0.1, 0.15) is 0 Å². The average Bonchev–Trinajstić information content (AvgIpc) is 2.86. The minimum atomic E-state index is 0.458. The number of rotatable bonds is 4. The molecule has 2 rings (SSSR count). The molecule has 0 bridgehead atoms. The fraction of sp³-hybridized carbons (Fsp3) is 0.333. The number of pyridine rings is 1. The highest BCUT2D eigenvalue weighted by molar-refractivity contribution is 5.79. The maximum absolute atomic E-state index is 4.89. The van der Waals surface area contributed by atoms with E-state index in [0.29, 0.717) is 30.8 Å². The first-order valence-electron chi connectivity index (χ1n) is 5.91. The monoisotopic (exact) mass is 260 g/mol.